The molecule has 8 heteroatoms. The molecular weight excluding hydrogens is 406 g/mol. The Kier molecular flexibility index (Phi) is 5.94. The summed E-state index contributed by atoms with van der Waals surface area (Å²) in [6.45, 7) is 4.14. The lowest BCUT2D eigenvalue weighted by Gasteiger charge is -2.32. The number of hydrogen-bond donors (Lipinski definition) is 1. The van der Waals surface area contributed by atoms with Gasteiger partial charge in [0, 0.05) is 23.4 Å². The van der Waals surface area contributed by atoms with Gasteiger partial charge in [-0.1, -0.05) is 6.42 Å². The summed E-state index contributed by atoms with van der Waals surface area (Å²) in [4.78, 5) is 33.2. The molecule has 0 spiro atoms. The molecule has 6 nitrogen and oxygen atoms in total. The summed E-state index contributed by atoms with van der Waals surface area (Å²) in [6, 6.07) is 6.23. The molecule has 3 aromatic heterocycles. The van der Waals surface area contributed by atoms with Crippen LogP contribution in [-0.4, -0.2) is 41.5 Å². The number of methoxy groups -OCH3 is 1. The van der Waals surface area contributed by atoms with E-state index in [0.717, 1.165) is 29.0 Å². The SMILES string of the molecule is COC(=O)c1sc2nc(CN3CCCC[C@H]3C)ccc2c1NC(=O)c1ccsc1. The van der Waals surface area contributed by atoms with Crippen LogP contribution >= 0.6 is 22.7 Å². The third kappa shape index (κ3) is 4.19. The second-order valence-corrected chi connectivity index (χ2v) is 9.01. The number of nitrogens with one attached hydrogen (secondary N) is 1. The number of pyridine rings is 1. The van der Waals surface area contributed by atoms with Crippen LogP contribution in [0.4, 0.5) is 5.69 Å². The average Bonchev–Trinajstić information content (AvgIpc) is 3.38. The van der Waals surface area contributed by atoms with Crippen molar-refractivity contribution in [2.75, 3.05) is 19.0 Å². The Morgan fingerprint density at radius 2 is 2.17 bits per heavy atom. The van der Waals surface area contributed by atoms with Crippen molar-refractivity contribution in [1.29, 1.82) is 0 Å². The molecule has 0 aromatic carbocycles. The fourth-order valence-corrected chi connectivity index (χ4v) is 5.35. The summed E-state index contributed by atoms with van der Waals surface area (Å²) in [5.41, 5.74) is 2.01. The molecule has 1 N–H and O–H groups in total. The van der Waals surface area contributed by atoms with Crippen molar-refractivity contribution < 1.29 is 14.3 Å². The summed E-state index contributed by atoms with van der Waals surface area (Å²) in [5.74, 6) is -0.720. The molecule has 0 unspecified atom stereocenters. The summed E-state index contributed by atoms with van der Waals surface area (Å²) in [5, 5.41) is 7.26. The minimum Gasteiger partial charge on any atom is -0.465 e. The van der Waals surface area contributed by atoms with Gasteiger partial charge in [0.05, 0.1) is 24.1 Å². The van der Waals surface area contributed by atoms with Crippen molar-refractivity contribution in [2.24, 2.45) is 0 Å². The number of anilines is 1. The Labute approximate surface area is 177 Å². The lowest BCUT2D eigenvalue weighted by molar-refractivity contribution is 0.0607. The molecule has 0 bridgehead atoms. The normalized spacial score (nSPS) is 17.4. The van der Waals surface area contributed by atoms with E-state index in [4.69, 9.17) is 9.72 Å². The van der Waals surface area contributed by atoms with E-state index >= 15 is 0 Å². The third-order valence-corrected chi connectivity index (χ3v) is 7.07. The van der Waals surface area contributed by atoms with Gasteiger partial charge >= 0.3 is 5.97 Å². The highest BCUT2D eigenvalue weighted by Crippen LogP contribution is 2.36. The molecule has 29 heavy (non-hydrogen) atoms. The molecule has 1 aliphatic heterocycles. The monoisotopic (exact) mass is 429 g/mol. The summed E-state index contributed by atoms with van der Waals surface area (Å²) < 4.78 is 4.93. The van der Waals surface area contributed by atoms with E-state index in [0.29, 0.717) is 22.2 Å². The molecule has 152 valence electrons. The van der Waals surface area contributed by atoms with Crippen LogP contribution in [0.5, 0.6) is 0 Å². The van der Waals surface area contributed by atoms with E-state index in [1.807, 2.05) is 17.5 Å². The number of likely N-dealkylation sites (tertiary alicyclic amines) is 1. The number of hydrogen-bond acceptors (Lipinski definition) is 7. The van der Waals surface area contributed by atoms with Crippen molar-refractivity contribution in [3.05, 3.63) is 45.1 Å². The molecule has 1 saturated heterocycles. The fourth-order valence-electron chi connectivity index (χ4n) is 3.65. The first-order valence-electron chi connectivity index (χ1n) is 9.65. The van der Waals surface area contributed by atoms with Crippen molar-refractivity contribution in [3.63, 3.8) is 0 Å². The summed E-state index contributed by atoms with van der Waals surface area (Å²) in [6.07, 6.45) is 3.72. The molecular formula is C21H23N3O3S2. The van der Waals surface area contributed by atoms with Crippen molar-refractivity contribution >= 4 is 50.5 Å². The molecule has 1 aliphatic rings. The van der Waals surface area contributed by atoms with E-state index in [2.05, 4.69) is 17.1 Å². The zero-order chi connectivity index (χ0) is 20.4. The van der Waals surface area contributed by atoms with Crippen LogP contribution in [0.15, 0.2) is 29.0 Å². The highest BCUT2D eigenvalue weighted by molar-refractivity contribution is 7.21. The van der Waals surface area contributed by atoms with Gasteiger partial charge in [0.1, 0.15) is 9.71 Å². The minimum absolute atomic E-state index is 0.248. The number of carbonyl (C=O) groups is 2. The van der Waals surface area contributed by atoms with Gasteiger partial charge in [0.15, 0.2) is 0 Å². The Morgan fingerprint density at radius 1 is 1.31 bits per heavy atom. The zero-order valence-electron chi connectivity index (χ0n) is 16.4. The maximum absolute atomic E-state index is 12.6. The predicted octanol–water partition coefficient (Wildman–Crippen LogP) is 4.77. The van der Waals surface area contributed by atoms with Gasteiger partial charge in [-0.05, 0) is 49.9 Å². The van der Waals surface area contributed by atoms with E-state index in [1.54, 1.807) is 11.4 Å². The number of fused-ring (bicyclic) bond motifs is 1. The van der Waals surface area contributed by atoms with Crippen molar-refractivity contribution in [1.82, 2.24) is 9.88 Å². The second kappa shape index (κ2) is 8.61. The number of aromatic nitrogens is 1. The third-order valence-electron chi connectivity index (χ3n) is 5.31. The van der Waals surface area contributed by atoms with Crippen LogP contribution in [0.1, 0.15) is 51.9 Å². The van der Waals surface area contributed by atoms with Crippen LogP contribution in [0.25, 0.3) is 10.2 Å². The quantitative estimate of drug-likeness (QED) is 0.592. The first-order valence-corrected chi connectivity index (χ1v) is 11.4. The highest BCUT2D eigenvalue weighted by Gasteiger charge is 2.23. The first-order chi connectivity index (χ1) is 14.1. The molecule has 4 rings (SSSR count). The molecule has 4 heterocycles. The number of carbonyl (C=O) groups excluding carboxylic acids is 2. The van der Waals surface area contributed by atoms with Gasteiger partial charge in [-0.2, -0.15) is 11.3 Å². The maximum atomic E-state index is 12.6. The van der Waals surface area contributed by atoms with E-state index in [1.165, 1.54) is 49.0 Å². The Bertz CT molecular complexity index is 1030. The molecule has 1 amide bonds. The van der Waals surface area contributed by atoms with Gasteiger partial charge in [-0.15, -0.1) is 11.3 Å². The molecule has 1 atom stereocenters. The predicted molar refractivity (Wildman–Crippen MR) is 117 cm³/mol. The molecule has 0 saturated carbocycles. The Balaban J connectivity index is 1.66. The number of esters is 1. The fraction of sp³-hybridized carbons (Fsp3) is 0.381. The van der Waals surface area contributed by atoms with Gasteiger partial charge in [-0.25, -0.2) is 9.78 Å². The lowest BCUT2D eigenvalue weighted by Crippen LogP contribution is -2.36. The molecule has 0 radical (unpaired) electrons. The van der Waals surface area contributed by atoms with Crippen molar-refractivity contribution in [2.45, 2.75) is 38.8 Å². The van der Waals surface area contributed by atoms with E-state index in [-0.39, 0.29) is 5.91 Å². The molecule has 0 aliphatic carbocycles. The topological polar surface area (TPSA) is 71.5 Å². The van der Waals surface area contributed by atoms with Gasteiger partial charge in [0.2, 0.25) is 0 Å². The van der Waals surface area contributed by atoms with Gasteiger partial charge in [0.25, 0.3) is 5.91 Å². The van der Waals surface area contributed by atoms with Gasteiger partial charge < -0.3 is 10.1 Å². The standard InChI is InChI=1S/C21H23N3O3S2/c1-13-5-3-4-9-24(13)11-15-6-7-16-17(23-19(25)14-8-10-28-12-14)18(21(26)27-2)29-20(16)22-15/h6-8,10,12-13H,3-5,9,11H2,1-2H3,(H,23,25)/t13-/m1/s1. The Hall–Kier alpha value is -2.29. The average molecular weight is 430 g/mol. The number of ether oxygens (including phenoxy) is 1. The number of piperidine rings is 1. The number of thiophene rings is 2. The van der Waals surface area contributed by atoms with Crippen LogP contribution < -0.4 is 5.32 Å². The van der Waals surface area contributed by atoms with Crippen LogP contribution in [0.3, 0.4) is 0 Å². The van der Waals surface area contributed by atoms with Crippen molar-refractivity contribution in [3.8, 4) is 0 Å². The highest BCUT2D eigenvalue weighted by atomic mass is 32.1. The number of nitrogens with zero attached hydrogens (tertiary/aromatic N) is 2. The smallest absolute Gasteiger partial charge is 0.350 e. The largest absolute Gasteiger partial charge is 0.465 e. The number of amides is 1. The number of rotatable bonds is 5. The lowest BCUT2D eigenvalue weighted by atomic mass is 10.0. The second-order valence-electron chi connectivity index (χ2n) is 7.23. The van der Waals surface area contributed by atoms with E-state index in [9.17, 15) is 9.59 Å². The van der Waals surface area contributed by atoms with Crippen LogP contribution in [0, 0.1) is 0 Å². The molecule has 1 fully saturated rings. The van der Waals surface area contributed by atoms with Gasteiger partial charge in [-0.3, -0.25) is 9.69 Å². The maximum Gasteiger partial charge on any atom is 0.350 e. The first kappa shape index (κ1) is 20.0. The van der Waals surface area contributed by atoms with E-state index < -0.39 is 5.97 Å². The summed E-state index contributed by atoms with van der Waals surface area (Å²) >= 11 is 2.71. The van der Waals surface area contributed by atoms with Crippen LogP contribution in [0.2, 0.25) is 0 Å². The molecule has 3 aromatic rings. The summed E-state index contributed by atoms with van der Waals surface area (Å²) in [7, 11) is 1.34. The Morgan fingerprint density at radius 3 is 2.90 bits per heavy atom. The van der Waals surface area contributed by atoms with Crippen LogP contribution in [-0.2, 0) is 11.3 Å². The minimum atomic E-state index is -0.472. The zero-order valence-corrected chi connectivity index (χ0v) is 18.1.